The molecular weight excluding hydrogens is 510 g/mol. The molecule has 198 valence electrons. The normalized spacial score (nSPS) is 11.3. The van der Waals surface area contributed by atoms with Crippen molar-refractivity contribution >= 4 is 49.8 Å². The quantitative estimate of drug-likeness (QED) is 0.217. The third-order valence-corrected chi connectivity index (χ3v) is 8.06. The molecule has 0 atom stereocenters. The third kappa shape index (κ3) is 4.05. The first kappa shape index (κ1) is 24.2. The second-order valence-corrected chi connectivity index (χ2v) is 10.6. The maximum atomic E-state index is 6.90. The number of para-hydroxylation sites is 2. The summed E-state index contributed by atoms with van der Waals surface area (Å²) >= 11 is 0. The van der Waals surface area contributed by atoms with E-state index in [4.69, 9.17) is 4.42 Å². The van der Waals surface area contributed by atoms with Crippen molar-refractivity contribution in [3.05, 3.63) is 164 Å². The van der Waals surface area contributed by atoms with Crippen molar-refractivity contribution < 1.29 is 4.42 Å². The Balaban J connectivity index is 1.41. The molecule has 0 saturated heterocycles. The van der Waals surface area contributed by atoms with Crippen LogP contribution in [0.2, 0.25) is 0 Å². The fourth-order valence-corrected chi connectivity index (χ4v) is 6.06. The summed E-state index contributed by atoms with van der Waals surface area (Å²) in [6.07, 6.45) is 0. The Morgan fingerprint density at radius 3 is 1.64 bits per heavy atom. The lowest BCUT2D eigenvalue weighted by molar-refractivity contribution is 0.674. The van der Waals surface area contributed by atoms with E-state index in [2.05, 4.69) is 169 Å². The van der Waals surface area contributed by atoms with Gasteiger partial charge in [0.15, 0.2) is 0 Å². The average molecular weight is 538 g/mol. The molecule has 8 aromatic rings. The molecule has 0 bridgehead atoms. The number of hydrogen-bond acceptors (Lipinski definition) is 2. The summed E-state index contributed by atoms with van der Waals surface area (Å²) in [5.41, 5.74) is 9.70. The molecule has 0 spiro atoms. The van der Waals surface area contributed by atoms with Gasteiger partial charge in [0, 0.05) is 27.7 Å². The topological polar surface area (TPSA) is 16.4 Å². The first-order valence-corrected chi connectivity index (χ1v) is 14.3. The number of nitrogens with zero attached hydrogens (tertiary/aromatic N) is 1. The lowest BCUT2D eigenvalue weighted by atomic mass is 9.97. The van der Waals surface area contributed by atoms with E-state index in [-0.39, 0.29) is 0 Å². The number of benzene rings is 7. The lowest BCUT2D eigenvalue weighted by Gasteiger charge is -2.26. The van der Waals surface area contributed by atoms with Crippen molar-refractivity contribution in [2.24, 2.45) is 0 Å². The zero-order valence-electron chi connectivity index (χ0n) is 22.9. The molecule has 2 heteroatoms. The fraction of sp³-hybridized carbons (Fsp3) is 0. The van der Waals surface area contributed by atoms with Crippen LogP contribution in [0.25, 0.3) is 55.0 Å². The van der Waals surface area contributed by atoms with Crippen LogP contribution in [0.4, 0.5) is 17.1 Å². The van der Waals surface area contributed by atoms with Gasteiger partial charge in [0.1, 0.15) is 11.2 Å². The van der Waals surface area contributed by atoms with Crippen molar-refractivity contribution in [3.63, 3.8) is 0 Å². The first-order chi connectivity index (χ1) is 20.8. The summed E-state index contributed by atoms with van der Waals surface area (Å²) in [6, 6.07) is 57.7. The van der Waals surface area contributed by atoms with Gasteiger partial charge in [-0.05, 0) is 64.5 Å². The molecule has 0 aliphatic heterocycles. The SMILES string of the molecule is c1ccc(-c2ccc(-c3ccc(N(c4ccccc4)c4ccccc4)c4c3oc3c5ccccc5ccc34)cc2)cc1. The summed E-state index contributed by atoms with van der Waals surface area (Å²) in [5.74, 6) is 0. The van der Waals surface area contributed by atoms with Crippen molar-refractivity contribution in [2.75, 3.05) is 4.90 Å². The molecule has 2 nitrogen and oxygen atoms in total. The van der Waals surface area contributed by atoms with Crippen LogP contribution in [0.15, 0.2) is 168 Å². The number of hydrogen-bond donors (Lipinski definition) is 0. The summed E-state index contributed by atoms with van der Waals surface area (Å²) in [7, 11) is 0. The molecule has 0 saturated carbocycles. The molecule has 0 aliphatic rings. The van der Waals surface area contributed by atoms with Crippen LogP contribution in [0.1, 0.15) is 0 Å². The van der Waals surface area contributed by atoms with Crippen molar-refractivity contribution in [2.45, 2.75) is 0 Å². The highest BCUT2D eigenvalue weighted by molar-refractivity contribution is 6.22. The number of rotatable bonds is 5. The second kappa shape index (κ2) is 10.1. The maximum absolute atomic E-state index is 6.90. The van der Waals surface area contributed by atoms with Crippen molar-refractivity contribution in [1.82, 2.24) is 0 Å². The third-order valence-electron chi connectivity index (χ3n) is 8.06. The van der Waals surface area contributed by atoms with Gasteiger partial charge in [-0.25, -0.2) is 0 Å². The molecule has 0 N–H and O–H groups in total. The Kier molecular flexibility index (Phi) is 5.82. The first-order valence-electron chi connectivity index (χ1n) is 14.3. The van der Waals surface area contributed by atoms with Crippen LogP contribution in [0.3, 0.4) is 0 Å². The predicted molar refractivity (Wildman–Crippen MR) is 177 cm³/mol. The van der Waals surface area contributed by atoms with Gasteiger partial charge in [-0.2, -0.15) is 0 Å². The molecule has 1 aromatic heterocycles. The lowest BCUT2D eigenvalue weighted by Crippen LogP contribution is -2.10. The van der Waals surface area contributed by atoms with Gasteiger partial charge < -0.3 is 9.32 Å². The molecule has 42 heavy (non-hydrogen) atoms. The van der Waals surface area contributed by atoms with Crippen LogP contribution in [-0.2, 0) is 0 Å². The van der Waals surface area contributed by atoms with E-state index in [1.807, 2.05) is 0 Å². The summed E-state index contributed by atoms with van der Waals surface area (Å²) in [4.78, 5) is 2.33. The molecule has 8 rings (SSSR count). The van der Waals surface area contributed by atoms with Gasteiger partial charge in [-0.3, -0.25) is 0 Å². The summed E-state index contributed by atoms with van der Waals surface area (Å²) in [6.45, 7) is 0. The molecular formula is C40H27NO. The van der Waals surface area contributed by atoms with Gasteiger partial charge >= 0.3 is 0 Å². The van der Waals surface area contributed by atoms with E-state index in [0.29, 0.717) is 0 Å². The van der Waals surface area contributed by atoms with Crippen LogP contribution >= 0.6 is 0 Å². The van der Waals surface area contributed by atoms with E-state index in [0.717, 1.165) is 55.5 Å². The number of fused-ring (bicyclic) bond motifs is 5. The van der Waals surface area contributed by atoms with Gasteiger partial charge in [0.25, 0.3) is 0 Å². The molecule has 0 aliphatic carbocycles. The van der Waals surface area contributed by atoms with E-state index in [1.54, 1.807) is 0 Å². The molecule has 0 amide bonds. The Labute approximate surface area is 244 Å². The van der Waals surface area contributed by atoms with E-state index >= 15 is 0 Å². The molecule has 0 radical (unpaired) electrons. The average Bonchev–Trinajstić information content (AvgIpc) is 3.47. The Morgan fingerprint density at radius 1 is 0.381 bits per heavy atom. The minimum atomic E-state index is 0.892. The van der Waals surface area contributed by atoms with Gasteiger partial charge in [-0.15, -0.1) is 0 Å². The summed E-state index contributed by atoms with van der Waals surface area (Å²) in [5, 5.41) is 4.50. The predicted octanol–water partition coefficient (Wildman–Crippen LogP) is 11.5. The zero-order chi connectivity index (χ0) is 27.9. The van der Waals surface area contributed by atoms with Crippen LogP contribution in [0, 0.1) is 0 Å². The Hall–Kier alpha value is -5.60. The summed E-state index contributed by atoms with van der Waals surface area (Å²) < 4.78 is 6.90. The van der Waals surface area contributed by atoms with Crippen LogP contribution < -0.4 is 4.90 Å². The highest BCUT2D eigenvalue weighted by atomic mass is 16.3. The van der Waals surface area contributed by atoms with Crippen molar-refractivity contribution in [3.8, 4) is 22.3 Å². The Morgan fingerprint density at radius 2 is 0.952 bits per heavy atom. The zero-order valence-corrected chi connectivity index (χ0v) is 22.9. The van der Waals surface area contributed by atoms with E-state index in [9.17, 15) is 0 Å². The highest BCUT2D eigenvalue weighted by Crippen LogP contribution is 2.47. The van der Waals surface area contributed by atoms with E-state index < -0.39 is 0 Å². The Bertz CT molecular complexity index is 2120. The number of furan rings is 1. The molecule has 0 fully saturated rings. The largest absolute Gasteiger partial charge is 0.455 e. The fourth-order valence-electron chi connectivity index (χ4n) is 6.06. The van der Waals surface area contributed by atoms with Gasteiger partial charge in [-0.1, -0.05) is 121 Å². The molecule has 1 heterocycles. The smallest absolute Gasteiger partial charge is 0.145 e. The second-order valence-electron chi connectivity index (χ2n) is 10.6. The van der Waals surface area contributed by atoms with Crippen molar-refractivity contribution in [1.29, 1.82) is 0 Å². The molecule has 0 unspecified atom stereocenters. The van der Waals surface area contributed by atoms with Crippen LogP contribution in [0.5, 0.6) is 0 Å². The minimum absolute atomic E-state index is 0.892. The van der Waals surface area contributed by atoms with Crippen LogP contribution in [-0.4, -0.2) is 0 Å². The monoisotopic (exact) mass is 537 g/mol. The van der Waals surface area contributed by atoms with Gasteiger partial charge in [0.2, 0.25) is 0 Å². The maximum Gasteiger partial charge on any atom is 0.145 e. The van der Waals surface area contributed by atoms with Gasteiger partial charge in [0.05, 0.1) is 11.1 Å². The molecule has 7 aromatic carbocycles. The number of anilines is 3. The minimum Gasteiger partial charge on any atom is -0.455 e. The van der Waals surface area contributed by atoms with E-state index in [1.165, 1.54) is 16.5 Å². The standard InChI is InChI=1S/C40H27NO/c1-4-12-28(13-5-1)29-20-22-31(23-21-29)35-26-27-37(41(32-15-6-2-7-16-32)33-17-8-3-9-18-33)38-36-25-24-30-14-10-11-19-34(30)39(36)42-40(35)38/h1-27H. The highest BCUT2D eigenvalue weighted by Gasteiger charge is 2.22.